The highest BCUT2D eigenvalue weighted by atomic mass is 19.1. The predicted molar refractivity (Wildman–Crippen MR) is 72.8 cm³/mol. The van der Waals surface area contributed by atoms with Gasteiger partial charge < -0.3 is 4.98 Å². The number of rotatable bonds is 2. The number of aromatic nitrogens is 1. The van der Waals surface area contributed by atoms with E-state index in [-0.39, 0.29) is 5.56 Å². The third kappa shape index (κ3) is 2.20. The van der Waals surface area contributed by atoms with Gasteiger partial charge in [-0.25, -0.2) is 13.2 Å². The zero-order chi connectivity index (χ0) is 15.1. The van der Waals surface area contributed by atoms with Gasteiger partial charge in [-0.1, -0.05) is 12.1 Å². The molecule has 2 aromatic carbocycles. The largest absolute Gasteiger partial charge is 0.360 e. The zero-order valence-electron chi connectivity index (χ0n) is 11.0. The highest BCUT2D eigenvalue weighted by molar-refractivity contribution is 6.16. The van der Waals surface area contributed by atoms with Gasteiger partial charge >= 0.3 is 0 Å². The van der Waals surface area contributed by atoms with Crippen LogP contribution in [-0.4, -0.2) is 10.8 Å². The number of H-pyrrole nitrogens is 1. The van der Waals surface area contributed by atoms with Crippen LogP contribution in [-0.2, 0) is 0 Å². The van der Waals surface area contributed by atoms with Gasteiger partial charge in [0.1, 0.15) is 17.5 Å². The molecule has 2 nitrogen and oxygen atoms in total. The van der Waals surface area contributed by atoms with Crippen molar-refractivity contribution in [2.75, 3.05) is 0 Å². The van der Waals surface area contributed by atoms with E-state index in [1.165, 1.54) is 6.20 Å². The van der Waals surface area contributed by atoms with Crippen LogP contribution in [0.4, 0.5) is 13.2 Å². The predicted octanol–water partition coefficient (Wildman–Crippen LogP) is 4.12. The summed E-state index contributed by atoms with van der Waals surface area (Å²) in [5.74, 6) is -4.30. The fraction of sp³-hybridized carbons (Fsp3) is 0.0625. The molecule has 0 saturated heterocycles. The van der Waals surface area contributed by atoms with Crippen molar-refractivity contribution in [2.24, 2.45) is 0 Å². The molecule has 5 heteroatoms. The van der Waals surface area contributed by atoms with E-state index >= 15 is 0 Å². The van der Waals surface area contributed by atoms with Crippen LogP contribution in [0.1, 0.15) is 21.5 Å². The van der Waals surface area contributed by atoms with Gasteiger partial charge in [0.25, 0.3) is 0 Å². The average Bonchev–Trinajstić information content (AvgIpc) is 2.80. The molecular formula is C16H10F3NO. The van der Waals surface area contributed by atoms with Crippen molar-refractivity contribution < 1.29 is 18.0 Å². The minimum Gasteiger partial charge on any atom is -0.360 e. The maximum Gasteiger partial charge on any atom is 0.201 e. The number of fused-ring (bicyclic) bond motifs is 1. The molecule has 1 aromatic heterocycles. The van der Waals surface area contributed by atoms with Gasteiger partial charge in [0.05, 0.1) is 5.56 Å². The molecule has 106 valence electrons. The van der Waals surface area contributed by atoms with Crippen molar-refractivity contribution in [3.63, 3.8) is 0 Å². The minimum atomic E-state index is -1.21. The Kier molecular flexibility index (Phi) is 3.05. The van der Waals surface area contributed by atoms with Crippen LogP contribution in [0, 0.1) is 24.4 Å². The summed E-state index contributed by atoms with van der Waals surface area (Å²) in [6, 6.07) is 6.31. The molecule has 1 heterocycles. The van der Waals surface area contributed by atoms with Crippen LogP contribution in [0.25, 0.3) is 10.9 Å². The molecule has 0 bridgehead atoms. The second-order valence-corrected chi connectivity index (χ2v) is 4.82. The van der Waals surface area contributed by atoms with Crippen molar-refractivity contribution in [1.82, 2.24) is 4.98 Å². The van der Waals surface area contributed by atoms with Crippen molar-refractivity contribution in [3.8, 4) is 0 Å². The standard InChI is InChI=1S/C16H10F3NO/c1-8-2-3-10-11(7-20-14(10)4-8)16(21)15-12(18)5-9(17)6-13(15)19/h2-7,20H,1H3. The zero-order valence-corrected chi connectivity index (χ0v) is 11.0. The summed E-state index contributed by atoms with van der Waals surface area (Å²) in [7, 11) is 0. The smallest absolute Gasteiger partial charge is 0.201 e. The Morgan fingerprint density at radius 1 is 1.05 bits per heavy atom. The van der Waals surface area contributed by atoms with Gasteiger partial charge in [0, 0.05) is 34.8 Å². The van der Waals surface area contributed by atoms with Crippen LogP contribution < -0.4 is 0 Å². The van der Waals surface area contributed by atoms with Gasteiger partial charge in [-0.15, -0.1) is 0 Å². The first kappa shape index (κ1) is 13.4. The maximum atomic E-state index is 13.7. The maximum absolute atomic E-state index is 13.7. The molecule has 0 unspecified atom stereocenters. The first-order valence-electron chi connectivity index (χ1n) is 6.24. The molecule has 0 aliphatic heterocycles. The highest BCUT2D eigenvalue weighted by Gasteiger charge is 2.22. The van der Waals surface area contributed by atoms with Gasteiger partial charge in [0.15, 0.2) is 0 Å². The molecule has 3 aromatic rings. The van der Waals surface area contributed by atoms with Gasteiger partial charge in [-0.05, 0) is 18.6 Å². The van der Waals surface area contributed by atoms with E-state index in [0.717, 1.165) is 5.56 Å². The number of benzene rings is 2. The first-order valence-corrected chi connectivity index (χ1v) is 6.24. The normalized spacial score (nSPS) is 11.0. The van der Waals surface area contributed by atoms with Crippen LogP contribution in [0.15, 0.2) is 36.5 Å². The minimum absolute atomic E-state index is 0.148. The van der Waals surface area contributed by atoms with Crippen molar-refractivity contribution in [3.05, 3.63) is 70.7 Å². The lowest BCUT2D eigenvalue weighted by atomic mass is 10.0. The topological polar surface area (TPSA) is 32.9 Å². The van der Waals surface area contributed by atoms with E-state index in [1.54, 1.807) is 12.1 Å². The quantitative estimate of drug-likeness (QED) is 0.707. The monoisotopic (exact) mass is 289 g/mol. The Bertz CT molecular complexity index is 844. The molecule has 21 heavy (non-hydrogen) atoms. The lowest BCUT2D eigenvalue weighted by molar-refractivity contribution is 0.103. The van der Waals surface area contributed by atoms with E-state index < -0.39 is 28.8 Å². The number of hydrogen-bond acceptors (Lipinski definition) is 1. The van der Waals surface area contributed by atoms with Crippen LogP contribution >= 0.6 is 0 Å². The molecule has 0 spiro atoms. The van der Waals surface area contributed by atoms with Gasteiger partial charge in [-0.3, -0.25) is 4.79 Å². The Morgan fingerprint density at radius 2 is 1.71 bits per heavy atom. The molecule has 0 aliphatic carbocycles. The number of aromatic amines is 1. The summed E-state index contributed by atoms with van der Waals surface area (Å²) in [6.07, 6.45) is 1.40. The highest BCUT2D eigenvalue weighted by Crippen LogP contribution is 2.25. The number of carbonyl (C=O) groups is 1. The third-order valence-corrected chi connectivity index (χ3v) is 3.32. The average molecular weight is 289 g/mol. The molecule has 0 radical (unpaired) electrons. The summed E-state index contributed by atoms with van der Waals surface area (Å²) in [5.41, 5.74) is 1.08. The second kappa shape index (κ2) is 4.77. The van der Waals surface area contributed by atoms with Crippen molar-refractivity contribution in [2.45, 2.75) is 6.92 Å². The number of hydrogen-bond donors (Lipinski definition) is 1. The summed E-state index contributed by atoms with van der Waals surface area (Å²) in [6.45, 7) is 1.89. The van der Waals surface area contributed by atoms with Crippen LogP contribution in [0.2, 0.25) is 0 Å². The molecule has 0 amide bonds. The number of halogens is 3. The fourth-order valence-corrected chi connectivity index (χ4v) is 2.32. The Balaban J connectivity index is 2.18. The van der Waals surface area contributed by atoms with Crippen LogP contribution in [0.5, 0.6) is 0 Å². The number of ketones is 1. The SMILES string of the molecule is Cc1ccc2c(C(=O)c3c(F)cc(F)cc3F)c[nH]c2c1. The van der Waals surface area contributed by atoms with E-state index in [4.69, 9.17) is 0 Å². The Labute approximate surface area is 118 Å². The summed E-state index contributed by atoms with van der Waals surface area (Å²) < 4.78 is 40.3. The molecule has 3 rings (SSSR count). The van der Waals surface area contributed by atoms with Crippen molar-refractivity contribution in [1.29, 1.82) is 0 Å². The number of carbonyl (C=O) groups excluding carboxylic acids is 1. The fourth-order valence-electron chi connectivity index (χ4n) is 2.32. The van der Waals surface area contributed by atoms with E-state index in [0.29, 0.717) is 23.0 Å². The van der Waals surface area contributed by atoms with Gasteiger partial charge in [0.2, 0.25) is 5.78 Å². The molecule has 0 aliphatic rings. The number of aryl methyl sites for hydroxylation is 1. The van der Waals surface area contributed by atoms with E-state index in [1.807, 2.05) is 13.0 Å². The third-order valence-electron chi connectivity index (χ3n) is 3.32. The number of nitrogens with one attached hydrogen (secondary N) is 1. The van der Waals surface area contributed by atoms with E-state index in [2.05, 4.69) is 4.98 Å². The Hall–Kier alpha value is -2.56. The summed E-state index contributed by atoms with van der Waals surface area (Å²) in [4.78, 5) is 15.2. The molecule has 0 fully saturated rings. The lowest BCUT2D eigenvalue weighted by Gasteiger charge is -2.04. The Morgan fingerprint density at radius 3 is 2.38 bits per heavy atom. The summed E-state index contributed by atoms with van der Waals surface area (Å²) >= 11 is 0. The van der Waals surface area contributed by atoms with Gasteiger partial charge in [-0.2, -0.15) is 0 Å². The molecule has 0 saturated carbocycles. The lowest BCUT2D eigenvalue weighted by Crippen LogP contribution is -2.07. The first-order chi connectivity index (χ1) is 9.97. The second-order valence-electron chi connectivity index (χ2n) is 4.82. The summed E-state index contributed by atoms with van der Waals surface area (Å²) in [5, 5.41) is 0.564. The molecule has 0 atom stereocenters. The van der Waals surface area contributed by atoms with E-state index in [9.17, 15) is 18.0 Å². The van der Waals surface area contributed by atoms with Crippen molar-refractivity contribution >= 4 is 16.7 Å². The molecular weight excluding hydrogens is 279 g/mol. The van der Waals surface area contributed by atoms with Crippen LogP contribution in [0.3, 0.4) is 0 Å². The molecule has 1 N–H and O–H groups in total.